The predicted molar refractivity (Wildman–Crippen MR) is 162 cm³/mol. The van der Waals surface area contributed by atoms with Gasteiger partial charge in [0.25, 0.3) is 0 Å². The zero-order valence-electron chi connectivity index (χ0n) is 22.5. The van der Waals surface area contributed by atoms with Crippen molar-refractivity contribution in [3.8, 4) is 11.5 Å². The van der Waals surface area contributed by atoms with Crippen molar-refractivity contribution in [1.29, 1.82) is 0 Å². The number of carbonyl (C=O) groups excluding carboxylic acids is 1. The molecule has 0 aliphatic rings. The summed E-state index contributed by atoms with van der Waals surface area (Å²) in [6.07, 6.45) is 1.39. The maximum Gasteiger partial charge on any atom is 0.244 e. The Morgan fingerprint density at radius 1 is 0.881 bits per heavy atom. The fourth-order valence-electron chi connectivity index (χ4n) is 3.93. The minimum atomic E-state index is -3.96. The topological polar surface area (TPSA) is 110 Å². The van der Waals surface area contributed by atoms with Crippen LogP contribution in [-0.2, 0) is 34.3 Å². The fraction of sp³-hybridized carbons (Fsp3) is 0.172. The smallest absolute Gasteiger partial charge is 0.244 e. The lowest BCUT2D eigenvalue weighted by atomic mass is 10.1. The quantitative estimate of drug-likeness (QED) is 0.142. The normalized spacial score (nSPS) is 11.7. The molecule has 4 rings (SSSR count). The van der Waals surface area contributed by atoms with Gasteiger partial charge in [-0.2, -0.15) is 9.41 Å². The lowest BCUT2D eigenvalue weighted by Crippen LogP contribution is -2.30. The third-order valence-corrected chi connectivity index (χ3v) is 8.80. The molecule has 1 amide bonds. The van der Waals surface area contributed by atoms with Crippen LogP contribution in [0, 0.1) is 0 Å². The van der Waals surface area contributed by atoms with E-state index >= 15 is 0 Å². The Morgan fingerprint density at radius 3 is 2.29 bits per heavy atom. The molecule has 1 N–H and O–H groups in total. The highest BCUT2D eigenvalue weighted by Crippen LogP contribution is 2.28. The number of ether oxygens (including phenoxy) is 2. The van der Waals surface area contributed by atoms with E-state index < -0.39 is 10.0 Å². The van der Waals surface area contributed by atoms with Gasteiger partial charge >= 0.3 is 0 Å². The summed E-state index contributed by atoms with van der Waals surface area (Å²) >= 11 is 18.2. The number of halogens is 3. The molecule has 0 saturated heterocycles. The van der Waals surface area contributed by atoms with Crippen LogP contribution in [-0.4, -0.2) is 39.1 Å². The molecule has 4 aromatic rings. The number of rotatable bonds is 12. The summed E-state index contributed by atoms with van der Waals surface area (Å²) < 4.78 is 44.7. The van der Waals surface area contributed by atoms with Crippen molar-refractivity contribution in [2.24, 2.45) is 5.10 Å². The molecule has 0 spiro atoms. The molecule has 0 saturated carbocycles. The van der Waals surface area contributed by atoms with E-state index in [9.17, 15) is 13.2 Å². The fourth-order valence-corrected chi connectivity index (χ4v) is 5.77. The zero-order valence-corrected chi connectivity index (χ0v) is 25.6. The second-order valence-corrected chi connectivity index (χ2v) is 12.1. The summed E-state index contributed by atoms with van der Waals surface area (Å²) in [4.78, 5) is 12.4. The van der Waals surface area contributed by atoms with Crippen LogP contribution in [0.5, 0.6) is 11.5 Å². The molecular formula is C29H26Cl3N3O6S. The molecule has 13 heteroatoms. The Morgan fingerprint density at radius 2 is 1.60 bits per heavy atom. The first kappa shape index (κ1) is 31.4. The number of hydrogen-bond donors (Lipinski definition) is 1. The van der Waals surface area contributed by atoms with Gasteiger partial charge in [0.2, 0.25) is 15.9 Å². The lowest BCUT2D eigenvalue weighted by Gasteiger charge is -2.22. The summed E-state index contributed by atoms with van der Waals surface area (Å²) in [5, 5.41) is 5.03. The number of nitrogens with zero attached hydrogens (tertiary/aromatic N) is 2. The number of carbonyl (C=O) groups is 1. The molecule has 0 bridgehead atoms. The molecule has 0 fully saturated rings. The number of hydrogen-bond acceptors (Lipinski definition) is 7. The van der Waals surface area contributed by atoms with Gasteiger partial charge in [-0.05, 0) is 71.8 Å². The van der Waals surface area contributed by atoms with Crippen LogP contribution in [0.4, 0.5) is 0 Å². The molecule has 3 aromatic carbocycles. The van der Waals surface area contributed by atoms with Crippen molar-refractivity contribution in [3.63, 3.8) is 0 Å². The van der Waals surface area contributed by atoms with Gasteiger partial charge in [-0.3, -0.25) is 4.79 Å². The van der Waals surface area contributed by atoms with E-state index in [2.05, 4.69) is 10.5 Å². The monoisotopic (exact) mass is 649 g/mol. The first-order chi connectivity index (χ1) is 20.1. The summed E-state index contributed by atoms with van der Waals surface area (Å²) in [7, 11) is -0.915. The van der Waals surface area contributed by atoms with Crippen molar-refractivity contribution in [3.05, 3.63) is 111 Å². The molecule has 0 unspecified atom stereocenters. The Balaban J connectivity index is 1.46. The molecule has 9 nitrogen and oxygen atoms in total. The molecule has 1 aromatic heterocycles. The van der Waals surface area contributed by atoms with Crippen LogP contribution >= 0.6 is 34.8 Å². The van der Waals surface area contributed by atoms with Crippen LogP contribution < -0.4 is 14.9 Å². The zero-order chi connectivity index (χ0) is 30.3. The Kier molecular flexibility index (Phi) is 10.5. The molecule has 0 atom stereocenters. The number of sulfonamides is 1. The van der Waals surface area contributed by atoms with Gasteiger partial charge in [0.15, 0.2) is 11.5 Å². The number of furan rings is 1. The highest BCUT2D eigenvalue weighted by molar-refractivity contribution is 7.89. The average Bonchev–Trinajstić information content (AvgIpc) is 3.41. The van der Waals surface area contributed by atoms with E-state index in [1.54, 1.807) is 48.5 Å². The van der Waals surface area contributed by atoms with Crippen LogP contribution in [0.1, 0.15) is 22.6 Å². The van der Waals surface area contributed by atoms with E-state index in [0.29, 0.717) is 49.2 Å². The number of nitrogens with one attached hydrogen (secondary N) is 1. The summed E-state index contributed by atoms with van der Waals surface area (Å²) in [5.74, 6) is 1.39. The standard InChI is InChI=1S/C29H26Cl3N3O6S/c1-39-27-12-4-19(14-28(27)40-2)15-29(36)34-33-16-22-7-8-23(41-22)18-35(17-20-3-11-25(31)26(32)13-20)42(37,38)24-9-5-21(30)6-10-24/h3-14,16H,15,17-18H2,1-2H3,(H,34,36)/b33-16-. The van der Waals surface area contributed by atoms with Gasteiger partial charge in [0.05, 0.1) is 48.3 Å². The molecule has 42 heavy (non-hydrogen) atoms. The maximum atomic E-state index is 13.6. The van der Waals surface area contributed by atoms with Gasteiger partial charge in [0.1, 0.15) is 11.5 Å². The average molecular weight is 651 g/mol. The summed E-state index contributed by atoms with van der Waals surface area (Å²) in [6.45, 7) is -0.0944. The van der Waals surface area contributed by atoms with Gasteiger partial charge in [-0.1, -0.05) is 46.9 Å². The van der Waals surface area contributed by atoms with Crippen molar-refractivity contribution in [2.75, 3.05) is 14.2 Å². The Hall–Kier alpha value is -3.54. The lowest BCUT2D eigenvalue weighted by molar-refractivity contribution is -0.120. The van der Waals surface area contributed by atoms with E-state index in [1.807, 2.05) is 0 Å². The number of methoxy groups -OCH3 is 2. The third-order valence-electron chi connectivity index (χ3n) is 6.00. The Bertz CT molecular complexity index is 1690. The third kappa shape index (κ3) is 8.05. The highest BCUT2D eigenvalue weighted by atomic mass is 35.5. The van der Waals surface area contributed by atoms with E-state index in [-0.39, 0.29) is 30.3 Å². The summed E-state index contributed by atoms with van der Waals surface area (Å²) in [5.41, 5.74) is 3.79. The van der Waals surface area contributed by atoms with Crippen LogP contribution in [0.25, 0.3) is 0 Å². The Labute approximate surface area is 258 Å². The first-order valence-electron chi connectivity index (χ1n) is 12.4. The minimum absolute atomic E-state index is 0.00181. The van der Waals surface area contributed by atoms with Crippen molar-refractivity contribution in [1.82, 2.24) is 9.73 Å². The molecule has 0 aliphatic carbocycles. The molecular weight excluding hydrogens is 625 g/mol. The van der Waals surface area contributed by atoms with Crippen molar-refractivity contribution in [2.45, 2.75) is 24.4 Å². The summed E-state index contributed by atoms with van der Waals surface area (Å²) in [6, 6.07) is 19.2. The van der Waals surface area contributed by atoms with Gasteiger partial charge < -0.3 is 13.9 Å². The largest absolute Gasteiger partial charge is 0.493 e. The SMILES string of the molecule is COc1ccc(CC(=O)N/N=C\c2ccc(CN(Cc3ccc(Cl)c(Cl)c3)S(=O)(=O)c3ccc(Cl)cc3)o2)cc1OC. The molecule has 1 heterocycles. The van der Waals surface area contributed by atoms with Gasteiger partial charge in [-0.15, -0.1) is 0 Å². The van der Waals surface area contributed by atoms with Crippen LogP contribution in [0.3, 0.4) is 0 Å². The van der Waals surface area contributed by atoms with Crippen molar-refractivity contribution < 1.29 is 27.1 Å². The molecule has 0 aliphatic heterocycles. The second kappa shape index (κ2) is 14.1. The molecule has 220 valence electrons. The van der Waals surface area contributed by atoms with E-state index in [1.165, 1.54) is 49.0 Å². The van der Waals surface area contributed by atoms with Crippen LogP contribution in [0.15, 0.2) is 87.2 Å². The minimum Gasteiger partial charge on any atom is -0.493 e. The van der Waals surface area contributed by atoms with Crippen molar-refractivity contribution >= 4 is 56.9 Å². The first-order valence-corrected chi connectivity index (χ1v) is 15.0. The van der Waals surface area contributed by atoms with E-state index in [4.69, 9.17) is 48.7 Å². The number of amides is 1. The van der Waals surface area contributed by atoms with Crippen LogP contribution in [0.2, 0.25) is 15.1 Å². The molecule has 0 radical (unpaired) electrons. The highest BCUT2D eigenvalue weighted by Gasteiger charge is 2.26. The second-order valence-electron chi connectivity index (χ2n) is 8.94. The number of benzene rings is 3. The maximum absolute atomic E-state index is 13.6. The number of hydrazone groups is 1. The van der Waals surface area contributed by atoms with Gasteiger partial charge in [-0.25, -0.2) is 13.8 Å². The predicted octanol–water partition coefficient (Wildman–Crippen LogP) is 6.34. The van der Waals surface area contributed by atoms with E-state index in [0.717, 1.165) is 0 Å². The van der Waals surface area contributed by atoms with Gasteiger partial charge in [0, 0.05) is 11.6 Å².